The van der Waals surface area contributed by atoms with Crippen molar-refractivity contribution in [1.82, 2.24) is 0 Å². The van der Waals surface area contributed by atoms with Crippen LogP contribution in [0.1, 0.15) is 12.8 Å². The highest BCUT2D eigenvalue weighted by molar-refractivity contribution is 9.09. The second-order valence-electron chi connectivity index (χ2n) is 3.62. The van der Waals surface area contributed by atoms with E-state index in [1.807, 2.05) is 0 Å². The van der Waals surface area contributed by atoms with Crippen LogP contribution in [0.2, 0.25) is 0 Å². The Kier molecular flexibility index (Phi) is 6.92. The molecule has 0 saturated heterocycles. The highest BCUT2D eigenvalue weighted by Crippen LogP contribution is 2.28. The first-order chi connectivity index (χ1) is 8.51. The van der Waals surface area contributed by atoms with E-state index in [1.165, 1.54) is 0 Å². The molecule has 0 spiro atoms. The van der Waals surface area contributed by atoms with Crippen LogP contribution in [0.25, 0.3) is 0 Å². The molecule has 0 unspecified atom stereocenters. The number of rotatable bonds is 7. The molecule has 0 heterocycles. The minimum absolute atomic E-state index is 0.597. The van der Waals surface area contributed by atoms with E-state index in [1.54, 1.807) is 24.3 Å². The monoisotopic (exact) mass is 342 g/mol. The molecule has 0 radical (unpaired) electrons. The van der Waals surface area contributed by atoms with E-state index in [0.29, 0.717) is 17.3 Å². The third-order valence-corrected chi connectivity index (χ3v) is 3.66. The molecule has 0 aromatic heterocycles. The van der Waals surface area contributed by atoms with Crippen molar-refractivity contribution < 1.29 is 17.9 Å². The van der Waals surface area contributed by atoms with Gasteiger partial charge in [-0.3, -0.25) is 0 Å². The zero-order chi connectivity index (χ0) is 13.4. The lowest BCUT2D eigenvalue weighted by molar-refractivity contribution is -0.105. The van der Waals surface area contributed by atoms with Gasteiger partial charge in [0.1, 0.15) is 5.75 Å². The summed E-state index contributed by atoms with van der Waals surface area (Å²) in [6.45, 7) is 0.626. The Morgan fingerprint density at radius 1 is 1.11 bits per heavy atom. The molecule has 0 aliphatic heterocycles. The quantitative estimate of drug-likeness (QED) is 0.396. The van der Waals surface area contributed by atoms with Crippen LogP contribution in [0.5, 0.6) is 5.75 Å². The fourth-order valence-electron chi connectivity index (χ4n) is 1.18. The van der Waals surface area contributed by atoms with Gasteiger partial charge in [0.15, 0.2) is 0 Å². The fraction of sp³-hybridized carbons (Fsp3) is 0.500. The predicted molar refractivity (Wildman–Crippen MR) is 71.7 cm³/mol. The molecule has 0 amide bonds. The van der Waals surface area contributed by atoms with E-state index in [2.05, 4.69) is 15.9 Å². The maximum absolute atomic E-state index is 12.0. The number of hydrogen-bond acceptors (Lipinski definition) is 2. The Labute approximate surface area is 117 Å². The molecule has 1 nitrogen and oxygen atoms in total. The van der Waals surface area contributed by atoms with E-state index >= 15 is 0 Å². The normalized spacial score (nSPS) is 11.6. The topological polar surface area (TPSA) is 9.23 Å². The molecule has 1 aromatic rings. The van der Waals surface area contributed by atoms with Crippen molar-refractivity contribution in [3.63, 3.8) is 0 Å². The van der Waals surface area contributed by atoms with Gasteiger partial charge < -0.3 is 4.74 Å². The van der Waals surface area contributed by atoms with Crippen LogP contribution < -0.4 is 4.74 Å². The summed E-state index contributed by atoms with van der Waals surface area (Å²) in [7, 11) is 0. The van der Waals surface area contributed by atoms with Gasteiger partial charge in [0.2, 0.25) is 0 Å². The Hall–Kier alpha value is -0.360. The van der Waals surface area contributed by atoms with Gasteiger partial charge in [0.25, 0.3) is 0 Å². The average Bonchev–Trinajstić information content (AvgIpc) is 2.33. The zero-order valence-corrected chi connectivity index (χ0v) is 12.1. The molecule has 1 aromatic carbocycles. The van der Waals surface area contributed by atoms with Gasteiger partial charge in [-0.1, -0.05) is 15.9 Å². The lowest BCUT2D eigenvalue weighted by Crippen LogP contribution is -2.10. The lowest BCUT2D eigenvalue weighted by atomic mass is 10.3. The maximum atomic E-state index is 12.0. The molecule has 0 bridgehead atoms. The minimum atomic E-state index is -4.13. The van der Waals surface area contributed by atoms with Crippen molar-refractivity contribution >= 4 is 27.7 Å². The number of ether oxygens (including phenoxy) is 1. The van der Waals surface area contributed by atoms with Gasteiger partial charge in [-0.05, 0) is 37.1 Å². The average molecular weight is 343 g/mol. The number of hydrogen-bond donors (Lipinski definition) is 0. The van der Waals surface area contributed by atoms with Crippen molar-refractivity contribution in [1.29, 1.82) is 0 Å². The number of halogens is 4. The van der Waals surface area contributed by atoms with Crippen molar-refractivity contribution in [2.45, 2.75) is 23.9 Å². The smallest absolute Gasteiger partial charge is 0.398 e. The Morgan fingerprint density at radius 3 is 2.33 bits per heavy atom. The zero-order valence-electron chi connectivity index (χ0n) is 9.67. The highest BCUT2D eigenvalue weighted by Gasteiger charge is 2.27. The van der Waals surface area contributed by atoms with Crippen LogP contribution in [0.15, 0.2) is 29.2 Å². The van der Waals surface area contributed by atoms with Crippen molar-refractivity contribution in [2.24, 2.45) is 0 Å². The molecule has 102 valence electrons. The SMILES string of the molecule is FC(F)(F)CSc1ccc(OCCCCBr)cc1. The Balaban J connectivity index is 2.33. The molecule has 0 saturated carbocycles. The van der Waals surface area contributed by atoms with Gasteiger partial charge >= 0.3 is 6.18 Å². The molecule has 0 N–H and O–H groups in total. The van der Waals surface area contributed by atoms with Crippen LogP contribution in [0, 0.1) is 0 Å². The van der Waals surface area contributed by atoms with Gasteiger partial charge in [-0.2, -0.15) is 13.2 Å². The van der Waals surface area contributed by atoms with Crippen LogP contribution >= 0.6 is 27.7 Å². The third-order valence-electron chi connectivity index (χ3n) is 2.02. The molecular formula is C12H14BrF3OS. The summed E-state index contributed by atoms with van der Waals surface area (Å²) < 4.78 is 41.5. The largest absolute Gasteiger partial charge is 0.494 e. The van der Waals surface area contributed by atoms with Crippen molar-refractivity contribution in [3.05, 3.63) is 24.3 Å². The number of benzene rings is 1. The highest BCUT2D eigenvalue weighted by atomic mass is 79.9. The van der Waals surface area contributed by atoms with E-state index in [4.69, 9.17) is 4.74 Å². The van der Waals surface area contributed by atoms with E-state index in [9.17, 15) is 13.2 Å². The summed E-state index contributed by atoms with van der Waals surface area (Å²) in [5, 5.41) is 0.948. The second kappa shape index (κ2) is 7.94. The number of unbranched alkanes of at least 4 members (excludes halogenated alkanes) is 1. The van der Waals surface area contributed by atoms with Crippen molar-refractivity contribution in [2.75, 3.05) is 17.7 Å². The van der Waals surface area contributed by atoms with Crippen molar-refractivity contribution in [3.8, 4) is 5.75 Å². The minimum Gasteiger partial charge on any atom is -0.494 e. The van der Waals surface area contributed by atoms with Crippen LogP contribution in [-0.4, -0.2) is 23.9 Å². The van der Waals surface area contributed by atoms with Crippen LogP contribution in [0.3, 0.4) is 0 Å². The summed E-state index contributed by atoms with van der Waals surface area (Å²) in [4.78, 5) is 0.597. The number of thioether (sulfide) groups is 1. The fourth-order valence-corrected chi connectivity index (χ4v) is 2.24. The van der Waals surface area contributed by atoms with E-state index < -0.39 is 11.9 Å². The van der Waals surface area contributed by atoms with Crippen LogP contribution in [-0.2, 0) is 0 Å². The molecule has 1 rings (SSSR count). The van der Waals surface area contributed by atoms with Gasteiger partial charge in [0, 0.05) is 10.2 Å². The molecule has 18 heavy (non-hydrogen) atoms. The Bertz CT molecular complexity index is 340. The molecular weight excluding hydrogens is 329 g/mol. The molecule has 0 aliphatic rings. The summed E-state index contributed by atoms with van der Waals surface area (Å²) in [6.07, 6.45) is -2.13. The second-order valence-corrected chi connectivity index (χ2v) is 5.46. The van der Waals surface area contributed by atoms with E-state index in [-0.39, 0.29) is 0 Å². The van der Waals surface area contributed by atoms with Gasteiger partial charge in [-0.15, -0.1) is 11.8 Å². The summed E-state index contributed by atoms with van der Waals surface area (Å²) in [6, 6.07) is 6.70. The molecule has 6 heteroatoms. The predicted octanol–water partition coefficient (Wildman–Crippen LogP) is 4.89. The molecule has 0 atom stereocenters. The first-order valence-electron chi connectivity index (χ1n) is 5.49. The van der Waals surface area contributed by atoms with Crippen LogP contribution in [0.4, 0.5) is 13.2 Å². The summed E-state index contributed by atoms with van der Waals surface area (Å²) in [5.74, 6) is -0.167. The lowest BCUT2D eigenvalue weighted by Gasteiger charge is -2.08. The number of alkyl halides is 4. The first-order valence-corrected chi connectivity index (χ1v) is 7.60. The summed E-state index contributed by atoms with van der Waals surface area (Å²) >= 11 is 4.11. The van der Waals surface area contributed by atoms with Gasteiger partial charge in [0.05, 0.1) is 12.4 Å². The standard InChI is InChI=1S/C12H14BrF3OS/c13-7-1-2-8-17-10-3-5-11(6-4-10)18-9-12(14,15)16/h3-6H,1-2,7-9H2. The summed E-state index contributed by atoms with van der Waals surface area (Å²) in [5.41, 5.74) is 0. The van der Waals surface area contributed by atoms with Gasteiger partial charge in [-0.25, -0.2) is 0 Å². The maximum Gasteiger partial charge on any atom is 0.398 e. The Morgan fingerprint density at radius 2 is 1.78 bits per heavy atom. The molecule has 0 aliphatic carbocycles. The van der Waals surface area contributed by atoms with E-state index in [0.717, 1.165) is 29.9 Å². The molecule has 0 fully saturated rings. The first kappa shape index (κ1) is 15.7. The third kappa shape index (κ3) is 7.16.